The van der Waals surface area contributed by atoms with Gasteiger partial charge in [0.1, 0.15) is 6.61 Å². The summed E-state index contributed by atoms with van der Waals surface area (Å²) >= 11 is 0. The highest BCUT2D eigenvalue weighted by Gasteiger charge is 2.25. The Hall–Kier alpha value is -1.25. The van der Waals surface area contributed by atoms with Crippen LogP contribution in [0.5, 0.6) is 0 Å². The molecule has 0 aromatic carbocycles. The van der Waals surface area contributed by atoms with Gasteiger partial charge in [-0.1, -0.05) is 122 Å². The molecule has 254 valence electrons. The molecule has 2 atom stereocenters. The normalized spacial score (nSPS) is 13.7. The Morgan fingerprint density at radius 2 is 1.16 bits per heavy atom. The van der Waals surface area contributed by atoms with Crippen LogP contribution in [0.25, 0.3) is 0 Å². The average Bonchev–Trinajstić information content (AvgIpc) is 2.99. The van der Waals surface area contributed by atoms with Crippen LogP contribution in [0.15, 0.2) is 12.2 Å². The number of esters is 2. The van der Waals surface area contributed by atoms with E-state index in [0.29, 0.717) is 6.42 Å². The second-order valence-electron chi connectivity index (χ2n) is 11.4. The number of rotatable bonds is 32. The zero-order chi connectivity index (χ0) is 31.9. The predicted octanol–water partition coefficient (Wildman–Crippen LogP) is 8.71. The van der Waals surface area contributed by atoms with Crippen LogP contribution in [0.3, 0.4) is 0 Å². The van der Waals surface area contributed by atoms with Crippen molar-refractivity contribution in [2.75, 3.05) is 26.4 Å². The van der Waals surface area contributed by atoms with Crippen molar-refractivity contribution >= 4 is 19.8 Å². The number of allylic oxidation sites excluding steroid dienone is 2. The van der Waals surface area contributed by atoms with E-state index in [4.69, 9.17) is 24.3 Å². The molecule has 3 N–H and O–H groups in total. The van der Waals surface area contributed by atoms with Gasteiger partial charge >= 0.3 is 19.8 Å². The molecule has 0 amide bonds. The van der Waals surface area contributed by atoms with Crippen molar-refractivity contribution in [2.45, 2.75) is 161 Å². The molecule has 0 rings (SSSR count). The van der Waals surface area contributed by atoms with Crippen molar-refractivity contribution in [3.63, 3.8) is 0 Å². The van der Waals surface area contributed by atoms with E-state index in [2.05, 4.69) is 26.0 Å². The van der Waals surface area contributed by atoms with Gasteiger partial charge in [0.25, 0.3) is 0 Å². The minimum atomic E-state index is -4.36. The van der Waals surface area contributed by atoms with E-state index in [1.54, 1.807) is 0 Å². The van der Waals surface area contributed by atoms with Gasteiger partial charge in [0.05, 0.1) is 13.2 Å². The quantitative estimate of drug-likeness (QED) is 0.0323. The fourth-order valence-electron chi connectivity index (χ4n) is 4.55. The van der Waals surface area contributed by atoms with Gasteiger partial charge in [0, 0.05) is 19.4 Å². The molecule has 0 aliphatic heterocycles. The maximum Gasteiger partial charge on any atom is 0.472 e. The molecule has 0 aromatic rings. The summed E-state index contributed by atoms with van der Waals surface area (Å²) in [7, 11) is -4.36. The molecule has 0 aliphatic rings. The van der Waals surface area contributed by atoms with Crippen LogP contribution in [0.4, 0.5) is 0 Å². The Balaban J connectivity index is 4.29. The Kier molecular flexibility index (Phi) is 29.9. The van der Waals surface area contributed by atoms with Crippen LogP contribution in [-0.2, 0) is 32.7 Å². The Morgan fingerprint density at radius 1 is 0.674 bits per heavy atom. The summed E-state index contributed by atoms with van der Waals surface area (Å²) in [4.78, 5) is 34.5. The fraction of sp³-hybridized carbons (Fsp3) is 0.879. The summed E-state index contributed by atoms with van der Waals surface area (Å²) in [5, 5.41) is 0. The van der Waals surface area contributed by atoms with E-state index in [1.165, 1.54) is 64.2 Å². The molecule has 0 radical (unpaired) electrons. The zero-order valence-electron chi connectivity index (χ0n) is 27.4. The standard InChI is InChI=1S/C33H64NO8P/c1-3-5-7-9-11-13-15-17-19-21-23-25-32(35)39-29-31(30-41-43(37,38)40-28-27-34)42-33(36)26-24-22-20-18-16-14-12-10-8-6-4-2/h9,11,31H,3-8,10,12-30,34H2,1-2H3,(H,37,38)/b11-9+/t31-/m1/s1. The van der Waals surface area contributed by atoms with Gasteiger partial charge in [-0.05, 0) is 32.1 Å². The molecular formula is C33H64NO8P. The Labute approximate surface area is 262 Å². The predicted molar refractivity (Wildman–Crippen MR) is 174 cm³/mol. The molecule has 0 heterocycles. The first-order chi connectivity index (χ1) is 20.8. The van der Waals surface area contributed by atoms with E-state index in [0.717, 1.165) is 57.8 Å². The van der Waals surface area contributed by atoms with Crippen molar-refractivity contribution in [3.05, 3.63) is 12.2 Å². The smallest absolute Gasteiger partial charge is 0.462 e. The second kappa shape index (κ2) is 30.8. The zero-order valence-corrected chi connectivity index (χ0v) is 28.3. The van der Waals surface area contributed by atoms with Gasteiger partial charge < -0.3 is 20.1 Å². The Bertz CT molecular complexity index is 734. The lowest BCUT2D eigenvalue weighted by Gasteiger charge is -2.19. The third-order valence-electron chi connectivity index (χ3n) is 7.15. The van der Waals surface area contributed by atoms with Crippen molar-refractivity contribution < 1.29 is 37.6 Å². The van der Waals surface area contributed by atoms with Crippen LogP contribution in [-0.4, -0.2) is 49.3 Å². The van der Waals surface area contributed by atoms with Crippen LogP contribution < -0.4 is 5.73 Å². The molecule has 1 unspecified atom stereocenters. The second-order valence-corrected chi connectivity index (χ2v) is 12.8. The number of phosphoric ester groups is 1. The molecule has 0 aromatic heterocycles. The number of phosphoric acid groups is 1. The molecule has 0 aliphatic carbocycles. The summed E-state index contributed by atoms with van der Waals surface area (Å²) in [6.07, 6.45) is 26.7. The maximum atomic E-state index is 12.4. The largest absolute Gasteiger partial charge is 0.472 e. The first-order valence-corrected chi connectivity index (χ1v) is 18.7. The topological polar surface area (TPSA) is 134 Å². The molecule has 9 nitrogen and oxygen atoms in total. The van der Waals surface area contributed by atoms with Crippen LogP contribution in [0.1, 0.15) is 155 Å². The van der Waals surface area contributed by atoms with Crippen molar-refractivity contribution in [3.8, 4) is 0 Å². The number of ether oxygens (including phenoxy) is 2. The van der Waals surface area contributed by atoms with Crippen LogP contribution in [0, 0.1) is 0 Å². The van der Waals surface area contributed by atoms with Gasteiger partial charge in [0.15, 0.2) is 6.10 Å². The van der Waals surface area contributed by atoms with E-state index in [-0.39, 0.29) is 32.6 Å². The number of nitrogens with two attached hydrogens (primary N) is 1. The lowest BCUT2D eigenvalue weighted by Crippen LogP contribution is -2.29. The first kappa shape index (κ1) is 41.8. The molecule has 0 spiro atoms. The SMILES string of the molecule is CCCC/C=C/CCCCCCCC(=O)OC[C@H](COP(=O)(O)OCCN)OC(=O)CCCCCCCCCCCCC. The number of hydrogen-bond acceptors (Lipinski definition) is 8. The maximum absolute atomic E-state index is 12.4. The fourth-order valence-corrected chi connectivity index (χ4v) is 5.32. The summed E-state index contributed by atoms with van der Waals surface area (Å²) in [5.41, 5.74) is 5.31. The summed E-state index contributed by atoms with van der Waals surface area (Å²) < 4.78 is 32.5. The highest BCUT2D eigenvalue weighted by molar-refractivity contribution is 7.47. The number of carbonyl (C=O) groups excluding carboxylic acids is 2. The third kappa shape index (κ3) is 30.6. The summed E-state index contributed by atoms with van der Waals surface area (Å²) in [6, 6.07) is 0. The van der Waals surface area contributed by atoms with Crippen molar-refractivity contribution in [1.29, 1.82) is 0 Å². The Morgan fingerprint density at radius 3 is 1.72 bits per heavy atom. The average molecular weight is 634 g/mol. The lowest BCUT2D eigenvalue weighted by molar-refractivity contribution is -0.161. The minimum absolute atomic E-state index is 0.0546. The van der Waals surface area contributed by atoms with Gasteiger partial charge in [-0.25, -0.2) is 4.57 Å². The highest BCUT2D eigenvalue weighted by Crippen LogP contribution is 2.43. The van der Waals surface area contributed by atoms with Gasteiger partial charge in [-0.3, -0.25) is 18.6 Å². The van der Waals surface area contributed by atoms with Gasteiger partial charge in [-0.2, -0.15) is 0 Å². The summed E-state index contributed by atoms with van der Waals surface area (Å²) in [5.74, 6) is -0.840. The number of carbonyl (C=O) groups is 2. The molecular weight excluding hydrogens is 569 g/mol. The molecule has 43 heavy (non-hydrogen) atoms. The van der Waals surface area contributed by atoms with Gasteiger partial charge in [-0.15, -0.1) is 0 Å². The molecule has 0 saturated carbocycles. The molecule has 0 saturated heterocycles. The highest BCUT2D eigenvalue weighted by atomic mass is 31.2. The minimum Gasteiger partial charge on any atom is -0.462 e. The molecule has 0 fully saturated rings. The number of unbranched alkanes of at least 4 members (excludes halogenated alkanes) is 17. The van der Waals surface area contributed by atoms with Crippen LogP contribution >= 0.6 is 7.82 Å². The van der Waals surface area contributed by atoms with Crippen molar-refractivity contribution in [1.82, 2.24) is 0 Å². The number of hydrogen-bond donors (Lipinski definition) is 2. The van der Waals surface area contributed by atoms with Gasteiger partial charge in [0.2, 0.25) is 0 Å². The van der Waals surface area contributed by atoms with Crippen LogP contribution in [0.2, 0.25) is 0 Å². The van der Waals surface area contributed by atoms with E-state index in [1.807, 2.05) is 0 Å². The monoisotopic (exact) mass is 633 g/mol. The molecule has 10 heteroatoms. The van der Waals surface area contributed by atoms with E-state index >= 15 is 0 Å². The van der Waals surface area contributed by atoms with E-state index < -0.39 is 32.5 Å². The summed E-state index contributed by atoms with van der Waals surface area (Å²) in [6.45, 7) is 3.65. The third-order valence-corrected chi connectivity index (χ3v) is 8.14. The van der Waals surface area contributed by atoms with E-state index in [9.17, 15) is 19.0 Å². The lowest BCUT2D eigenvalue weighted by atomic mass is 10.1. The van der Waals surface area contributed by atoms with Crippen molar-refractivity contribution in [2.24, 2.45) is 5.73 Å². The molecule has 0 bridgehead atoms. The first-order valence-electron chi connectivity index (χ1n) is 17.2.